The van der Waals surface area contributed by atoms with E-state index in [4.69, 9.17) is 9.15 Å². The first-order chi connectivity index (χ1) is 11.8. The Bertz CT molecular complexity index is 674. The lowest BCUT2D eigenvalue weighted by atomic mass is 9.82. The van der Waals surface area contributed by atoms with Crippen molar-refractivity contribution in [3.63, 3.8) is 0 Å². The highest BCUT2D eigenvalue weighted by Crippen LogP contribution is 2.35. The zero-order chi connectivity index (χ0) is 16.4. The van der Waals surface area contributed by atoms with Crippen LogP contribution in [0.4, 0.5) is 5.69 Å². The number of hydrogen-bond acceptors (Lipinski definition) is 5. The van der Waals surface area contributed by atoms with E-state index in [1.54, 1.807) is 24.9 Å². The van der Waals surface area contributed by atoms with Gasteiger partial charge in [0, 0.05) is 43.9 Å². The van der Waals surface area contributed by atoms with E-state index in [2.05, 4.69) is 15.2 Å². The van der Waals surface area contributed by atoms with Crippen molar-refractivity contribution in [1.29, 1.82) is 0 Å². The summed E-state index contributed by atoms with van der Waals surface area (Å²) < 4.78 is 11.0. The van der Waals surface area contributed by atoms with Gasteiger partial charge >= 0.3 is 0 Å². The van der Waals surface area contributed by atoms with Crippen LogP contribution in [0.15, 0.2) is 47.5 Å². The summed E-state index contributed by atoms with van der Waals surface area (Å²) in [5.74, 6) is 0.279. The molecule has 0 spiro atoms. The largest absolute Gasteiger partial charge is 0.472 e. The van der Waals surface area contributed by atoms with Crippen molar-refractivity contribution < 1.29 is 13.9 Å². The van der Waals surface area contributed by atoms with E-state index in [1.165, 1.54) is 0 Å². The topological polar surface area (TPSA) is 67.6 Å². The molecule has 126 valence electrons. The van der Waals surface area contributed by atoms with Crippen molar-refractivity contribution in [2.24, 2.45) is 11.8 Å². The Morgan fingerprint density at radius 3 is 3.12 bits per heavy atom. The fourth-order valence-corrected chi connectivity index (χ4v) is 3.77. The quantitative estimate of drug-likeness (QED) is 0.932. The Labute approximate surface area is 140 Å². The summed E-state index contributed by atoms with van der Waals surface area (Å²) in [5, 5.41) is 3.00. The second kappa shape index (κ2) is 6.75. The Balaban J connectivity index is 1.48. The number of hydrogen-bond donors (Lipinski definition) is 1. The normalized spacial score (nSPS) is 26.9. The number of fused-ring (bicyclic) bond motifs is 1. The fraction of sp³-hybridized carbons (Fsp3) is 0.444. The number of aromatic nitrogens is 1. The third-order valence-electron chi connectivity index (χ3n) is 4.92. The van der Waals surface area contributed by atoms with Crippen LogP contribution in [0.25, 0.3) is 0 Å². The Kier molecular flexibility index (Phi) is 4.32. The summed E-state index contributed by atoms with van der Waals surface area (Å²) in [5.41, 5.74) is 1.86. The molecule has 1 N–H and O–H groups in total. The number of pyridine rings is 1. The minimum atomic E-state index is -0.0710. The predicted octanol–water partition coefficient (Wildman–Crippen LogP) is 2.15. The molecule has 1 amide bonds. The lowest BCUT2D eigenvalue weighted by Crippen LogP contribution is -2.51. The van der Waals surface area contributed by atoms with Crippen molar-refractivity contribution >= 4 is 11.6 Å². The molecule has 3 atom stereocenters. The van der Waals surface area contributed by atoms with Gasteiger partial charge in [-0.25, -0.2) is 0 Å². The second-order valence-corrected chi connectivity index (χ2v) is 6.52. The van der Waals surface area contributed by atoms with Crippen LogP contribution < -0.4 is 5.32 Å². The Morgan fingerprint density at radius 2 is 2.33 bits per heavy atom. The van der Waals surface area contributed by atoms with Crippen molar-refractivity contribution in [2.75, 3.05) is 25.0 Å². The summed E-state index contributed by atoms with van der Waals surface area (Å²) in [6, 6.07) is 5.65. The van der Waals surface area contributed by atoms with Gasteiger partial charge in [0.25, 0.3) is 0 Å². The zero-order valence-electron chi connectivity index (χ0n) is 13.4. The van der Waals surface area contributed by atoms with Crippen LogP contribution in [0.3, 0.4) is 0 Å². The van der Waals surface area contributed by atoms with Gasteiger partial charge in [-0.15, -0.1) is 0 Å². The molecule has 2 aliphatic heterocycles. The van der Waals surface area contributed by atoms with E-state index >= 15 is 0 Å². The molecule has 0 radical (unpaired) electrons. The second-order valence-electron chi connectivity index (χ2n) is 6.52. The SMILES string of the molecule is O=C(Nc1cccnc1)[C@@H]1CN(Cc2ccoc2)C[C@@H]2OCC[C@@H]21. The molecule has 2 aromatic heterocycles. The molecule has 4 heterocycles. The highest BCUT2D eigenvalue weighted by Gasteiger charge is 2.43. The van der Waals surface area contributed by atoms with E-state index in [9.17, 15) is 4.79 Å². The smallest absolute Gasteiger partial charge is 0.229 e. The first-order valence-electron chi connectivity index (χ1n) is 8.35. The average molecular weight is 327 g/mol. The van der Waals surface area contributed by atoms with Crippen LogP contribution in [0, 0.1) is 11.8 Å². The van der Waals surface area contributed by atoms with Crippen LogP contribution in [-0.2, 0) is 16.1 Å². The molecule has 0 aromatic carbocycles. The molecule has 2 saturated heterocycles. The first-order valence-corrected chi connectivity index (χ1v) is 8.35. The monoisotopic (exact) mass is 327 g/mol. The summed E-state index contributed by atoms with van der Waals surface area (Å²) in [7, 11) is 0. The standard InChI is InChI=1S/C18H21N3O3/c22-18(20-14-2-1-5-19-8-14)16-10-21(9-13-3-6-23-12-13)11-17-15(16)4-7-24-17/h1-3,5-6,8,12,15-17H,4,7,9-11H2,(H,20,22)/t15-,16-,17+/m1/s1. The van der Waals surface area contributed by atoms with Gasteiger partial charge in [-0.05, 0) is 24.6 Å². The number of amides is 1. The van der Waals surface area contributed by atoms with Gasteiger partial charge in [0.15, 0.2) is 0 Å². The van der Waals surface area contributed by atoms with Crippen LogP contribution in [0.5, 0.6) is 0 Å². The van der Waals surface area contributed by atoms with E-state index in [0.29, 0.717) is 5.92 Å². The van der Waals surface area contributed by atoms with E-state index in [0.717, 1.165) is 43.9 Å². The van der Waals surface area contributed by atoms with Gasteiger partial charge in [0.05, 0.1) is 36.4 Å². The van der Waals surface area contributed by atoms with Crippen LogP contribution in [0.1, 0.15) is 12.0 Å². The van der Waals surface area contributed by atoms with Crippen LogP contribution in [0.2, 0.25) is 0 Å². The minimum Gasteiger partial charge on any atom is -0.472 e. The molecule has 0 unspecified atom stereocenters. The van der Waals surface area contributed by atoms with E-state index in [-0.39, 0.29) is 17.9 Å². The molecule has 0 bridgehead atoms. The number of furan rings is 1. The van der Waals surface area contributed by atoms with Crippen molar-refractivity contribution in [3.05, 3.63) is 48.7 Å². The number of anilines is 1. The summed E-state index contributed by atoms with van der Waals surface area (Å²) in [6.45, 7) is 3.12. The van der Waals surface area contributed by atoms with E-state index in [1.807, 2.05) is 18.2 Å². The Hall–Kier alpha value is -2.18. The number of carbonyl (C=O) groups is 1. The molecule has 6 nitrogen and oxygen atoms in total. The van der Waals surface area contributed by atoms with Crippen LogP contribution in [-0.4, -0.2) is 41.6 Å². The van der Waals surface area contributed by atoms with E-state index < -0.39 is 0 Å². The molecule has 4 rings (SSSR count). The van der Waals surface area contributed by atoms with Gasteiger partial charge in [-0.2, -0.15) is 0 Å². The predicted molar refractivity (Wildman–Crippen MR) is 88.2 cm³/mol. The molecular formula is C18H21N3O3. The molecule has 0 saturated carbocycles. The zero-order valence-corrected chi connectivity index (χ0v) is 13.4. The molecule has 2 fully saturated rings. The number of nitrogens with zero attached hydrogens (tertiary/aromatic N) is 2. The third-order valence-corrected chi connectivity index (χ3v) is 4.92. The van der Waals surface area contributed by atoms with Crippen molar-refractivity contribution in [1.82, 2.24) is 9.88 Å². The maximum absolute atomic E-state index is 12.8. The molecule has 0 aliphatic carbocycles. The maximum Gasteiger partial charge on any atom is 0.229 e. The highest BCUT2D eigenvalue weighted by atomic mass is 16.5. The summed E-state index contributed by atoms with van der Waals surface area (Å²) in [4.78, 5) is 19.2. The van der Waals surface area contributed by atoms with Gasteiger partial charge in [0.2, 0.25) is 5.91 Å². The lowest BCUT2D eigenvalue weighted by Gasteiger charge is -2.39. The van der Waals surface area contributed by atoms with Crippen molar-refractivity contribution in [2.45, 2.75) is 19.1 Å². The maximum atomic E-state index is 12.8. The molecule has 24 heavy (non-hydrogen) atoms. The third kappa shape index (κ3) is 3.20. The number of rotatable bonds is 4. The molecule has 6 heteroatoms. The number of carbonyl (C=O) groups excluding carboxylic acids is 1. The first kappa shape index (κ1) is 15.4. The lowest BCUT2D eigenvalue weighted by molar-refractivity contribution is -0.125. The fourth-order valence-electron chi connectivity index (χ4n) is 3.77. The number of nitrogens with one attached hydrogen (secondary N) is 1. The van der Waals surface area contributed by atoms with Gasteiger partial charge in [0.1, 0.15) is 0 Å². The van der Waals surface area contributed by atoms with Crippen LogP contribution >= 0.6 is 0 Å². The Morgan fingerprint density at radius 1 is 1.38 bits per heavy atom. The number of likely N-dealkylation sites (tertiary alicyclic amines) is 1. The molecule has 2 aliphatic rings. The minimum absolute atomic E-state index is 0.0559. The molecular weight excluding hydrogens is 306 g/mol. The number of ether oxygens (including phenoxy) is 1. The van der Waals surface area contributed by atoms with Gasteiger partial charge in [-0.1, -0.05) is 0 Å². The van der Waals surface area contributed by atoms with Gasteiger partial charge < -0.3 is 14.5 Å². The average Bonchev–Trinajstić information content (AvgIpc) is 3.26. The summed E-state index contributed by atoms with van der Waals surface area (Å²) in [6.07, 6.45) is 7.90. The van der Waals surface area contributed by atoms with Crippen molar-refractivity contribution in [3.8, 4) is 0 Å². The molecule has 2 aromatic rings. The highest BCUT2D eigenvalue weighted by molar-refractivity contribution is 5.92. The summed E-state index contributed by atoms with van der Waals surface area (Å²) >= 11 is 0. The van der Waals surface area contributed by atoms with Gasteiger partial charge in [-0.3, -0.25) is 14.7 Å². The number of piperidine rings is 1.